The summed E-state index contributed by atoms with van der Waals surface area (Å²) in [4.78, 5) is 7.53. The second-order valence-corrected chi connectivity index (χ2v) is 5.63. The van der Waals surface area contributed by atoms with Crippen LogP contribution in [0.3, 0.4) is 0 Å². The monoisotopic (exact) mass is 336 g/mol. The average Bonchev–Trinajstić information content (AvgIpc) is 2.59. The van der Waals surface area contributed by atoms with Crippen LogP contribution in [0.4, 0.5) is 8.78 Å². The molecule has 1 aromatic carbocycles. The molecule has 0 aliphatic rings. The van der Waals surface area contributed by atoms with Gasteiger partial charge in [0, 0.05) is 5.56 Å². The largest absolute Gasteiger partial charge is 0.504 e. The maximum absolute atomic E-state index is 14.5. The first-order chi connectivity index (χ1) is 11.6. The Kier molecular flexibility index (Phi) is 6.90. The summed E-state index contributed by atoms with van der Waals surface area (Å²) >= 11 is 0. The minimum atomic E-state index is -1.13. The van der Waals surface area contributed by atoms with Gasteiger partial charge >= 0.3 is 0 Å². The van der Waals surface area contributed by atoms with Crippen LogP contribution in [0.2, 0.25) is 0 Å². The number of unbranched alkanes of at least 4 members (excludes halogenated alkanes) is 3. The van der Waals surface area contributed by atoms with Crippen LogP contribution >= 0.6 is 0 Å². The number of hydrogen-bond donors (Lipinski definition) is 1. The van der Waals surface area contributed by atoms with Crippen LogP contribution < -0.4 is 4.74 Å². The molecule has 4 nitrogen and oxygen atoms in total. The summed E-state index contributed by atoms with van der Waals surface area (Å²) in [5.41, 5.74) is 0.162. The Morgan fingerprint density at radius 2 is 2.08 bits per heavy atom. The SMILES string of the molecule is CCCCCCC(F)COc1cccc(-c2ncncc2O)c1F. The maximum atomic E-state index is 14.5. The minimum absolute atomic E-state index is 0.0540. The Morgan fingerprint density at radius 1 is 1.25 bits per heavy atom. The van der Waals surface area contributed by atoms with Crippen LogP contribution in [0.25, 0.3) is 11.3 Å². The topological polar surface area (TPSA) is 55.2 Å². The van der Waals surface area contributed by atoms with E-state index in [9.17, 15) is 13.9 Å². The second-order valence-electron chi connectivity index (χ2n) is 5.63. The highest BCUT2D eigenvalue weighted by atomic mass is 19.1. The molecule has 1 heterocycles. The third-order valence-corrected chi connectivity index (χ3v) is 3.70. The molecule has 130 valence electrons. The van der Waals surface area contributed by atoms with Gasteiger partial charge in [0.05, 0.1) is 6.20 Å². The number of ether oxygens (including phenoxy) is 1. The standard InChI is InChI=1S/C18H22F2N2O2/c1-2-3-4-5-7-13(19)11-24-16-9-6-8-14(17(16)20)18-15(23)10-21-12-22-18/h6,8-10,12-13,23H,2-5,7,11H2,1H3. The number of alkyl halides is 1. The van der Waals surface area contributed by atoms with Crippen LogP contribution in [0.5, 0.6) is 11.5 Å². The lowest BCUT2D eigenvalue weighted by Gasteiger charge is -2.13. The van der Waals surface area contributed by atoms with Crippen molar-refractivity contribution in [2.75, 3.05) is 6.61 Å². The van der Waals surface area contributed by atoms with Crippen LogP contribution in [0.1, 0.15) is 39.0 Å². The summed E-state index contributed by atoms with van der Waals surface area (Å²) in [5, 5.41) is 9.75. The molecule has 0 aliphatic heterocycles. The van der Waals surface area contributed by atoms with E-state index in [4.69, 9.17) is 4.74 Å². The third kappa shape index (κ3) is 4.88. The molecule has 1 aromatic heterocycles. The Labute approximate surface area is 140 Å². The highest BCUT2D eigenvalue weighted by molar-refractivity contribution is 5.67. The number of hydrogen-bond acceptors (Lipinski definition) is 4. The van der Waals surface area contributed by atoms with E-state index in [-0.39, 0.29) is 29.4 Å². The van der Waals surface area contributed by atoms with Crippen molar-refractivity contribution in [1.29, 1.82) is 0 Å². The van der Waals surface area contributed by atoms with Gasteiger partial charge in [0.1, 0.15) is 24.8 Å². The second kappa shape index (κ2) is 9.15. The third-order valence-electron chi connectivity index (χ3n) is 3.70. The number of halogens is 2. The van der Waals surface area contributed by atoms with Crippen molar-refractivity contribution in [1.82, 2.24) is 9.97 Å². The summed E-state index contributed by atoms with van der Waals surface area (Å²) in [6, 6.07) is 4.48. The fraction of sp³-hybridized carbons (Fsp3) is 0.444. The van der Waals surface area contributed by atoms with E-state index in [0.29, 0.717) is 6.42 Å². The Bertz CT molecular complexity index is 653. The van der Waals surface area contributed by atoms with Crippen LogP contribution in [0.15, 0.2) is 30.7 Å². The molecule has 1 unspecified atom stereocenters. The molecule has 0 radical (unpaired) electrons. The molecule has 0 saturated carbocycles. The van der Waals surface area contributed by atoms with Crippen molar-refractivity contribution < 1.29 is 18.6 Å². The van der Waals surface area contributed by atoms with E-state index in [0.717, 1.165) is 25.7 Å². The number of aromatic hydroxyl groups is 1. The molecule has 24 heavy (non-hydrogen) atoms. The first-order valence-electron chi connectivity index (χ1n) is 8.18. The molecular formula is C18H22F2N2O2. The molecule has 2 aromatic rings. The number of rotatable bonds is 9. The van der Waals surface area contributed by atoms with Gasteiger partial charge in [-0.3, -0.25) is 0 Å². The van der Waals surface area contributed by atoms with Crippen molar-refractivity contribution >= 4 is 0 Å². The van der Waals surface area contributed by atoms with Gasteiger partial charge in [-0.15, -0.1) is 0 Å². The van der Waals surface area contributed by atoms with Crippen LogP contribution in [0, 0.1) is 5.82 Å². The van der Waals surface area contributed by atoms with E-state index in [2.05, 4.69) is 16.9 Å². The van der Waals surface area contributed by atoms with Gasteiger partial charge in [0.2, 0.25) is 0 Å². The highest BCUT2D eigenvalue weighted by Crippen LogP contribution is 2.32. The molecule has 0 fully saturated rings. The molecule has 0 spiro atoms. The molecule has 0 saturated heterocycles. The Morgan fingerprint density at radius 3 is 2.83 bits per heavy atom. The smallest absolute Gasteiger partial charge is 0.174 e. The number of aromatic nitrogens is 2. The summed E-state index contributed by atoms with van der Waals surface area (Å²) in [6.45, 7) is 1.91. The first-order valence-corrected chi connectivity index (χ1v) is 8.18. The van der Waals surface area contributed by atoms with E-state index >= 15 is 0 Å². The van der Waals surface area contributed by atoms with Gasteiger partial charge in [-0.2, -0.15) is 0 Å². The summed E-state index contributed by atoms with van der Waals surface area (Å²) < 4.78 is 33.6. The summed E-state index contributed by atoms with van der Waals surface area (Å²) in [7, 11) is 0. The first kappa shape index (κ1) is 18.1. The fourth-order valence-corrected chi connectivity index (χ4v) is 2.39. The molecule has 0 bridgehead atoms. The predicted octanol–water partition coefficient (Wildman–Crippen LogP) is 4.68. The lowest BCUT2D eigenvalue weighted by molar-refractivity contribution is 0.179. The predicted molar refractivity (Wildman–Crippen MR) is 88.2 cm³/mol. The quantitative estimate of drug-likeness (QED) is 0.676. The van der Waals surface area contributed by atoms with Gasteiger partial charge in [-0.1, -0.05) is 38.7 Å². The van der Waals surface area contributed by atoms with Crippen molar-refractivity contribution in [2.24, 2.45) is 0 Å². The molecule has 0 aliphatic carbocycles. The number of nitrogens with zero attached hydrogens (tertiary/aromatic N) is 2. The van der Waals surface area contributed by atoms with Crippen molar-refractivity contribution in [3.8, 4) is 22.8 Å². The van der Waals surface area contributed by atoms with Gasteiger partial charge in [-0.05, 0) is 18.6 Å². The highest BCUT2D eigenvalue weighted by Gasteiger charge is 2.16. The summed E-state index contributed by atoms with van der Waals surface area (Å²) in [5.74, 6) is -0.959. The summed E-state index contributed by atoms with van der Waals surface area (Å²) in [6.07, 6.45) is 5.67. The maximum Gasteiger partial charge on any atom is 0.174 e. The fourth-order valence-electron chi connectivity index (χ4n) is 2.39. The van der Waals surface area contributed by atoms with Gasteiger partial charge in [-0.25, -0.2) is 18.7 Å². The van der Waals surface area contributed by atoms with Crippen molar-refractivity contribution in [2.45, 2.75) is 45.2 Å². The molecular weight excluding hydrogens is 314 g/mol. The zero-order chi connectivity index (χ0) is 17.4. The van der Waals surface area contributed by atoms with E-state index in [1.54, 1.807) is 6.07 Å². The van der Waals surface area contributed by atoms with E-state index in [1.165, 1.54) is 24.7 Å². The van der Waals surface area contributed by atoms with Gasteiger partial charge in [0.25, 0.3) is 0 Å². The van der Waals surface area contributed by atoms with E-state index < -0.39 is 12.0 Å². The zero-order valence-electron chi connectivity index (χ0n) is 13.7. The molecule has 1 N–H and O–H groups in total. The van der Waals surface area contributed by atoms with Crippen LogP contribution in [-0.2, 0) is 0 Å². The van der Waals surface area contributed by atoms with Crippen LogP contribution in [-0.4, -0.2) is 27.9 Å². The molecule has 6 heteroatoms. The van der Waals surface area contributed by atoms with Gasteiger partial charge < -0.3 is 9.84 Å². The number of benzene rings is 1. The Hall–Kier alpha value is -2.24. The molecule has 0 amide bonds. The lowest BCUT2D eigenvalue weighted by Crippen LogP contribution is -2.13. The zero-order valence-corrected chi connectivity index (χ0v) is 13.7. The van der Waals surface area contributed by atoms with Gasteiger partial charge in [0.15, 0.2) is 17.3 Å². The lowest BCUT2D eigenvalue weighted by atomic mass is 10.1. The van der Waals surface area contributed by atoms with Crippen molar-refractivity contribution in [3.63, 3.8) is 0 Å². The van der Waals surface area contributed by atoms with E-state index in [1.807, 2.05) is 0 Å². The Balaban J connectivity index is 2.00. The minimum Gasteiger partial charge on any atom is -0.504 e. The average molecular weight is 336 g/mol. The molecule has 1 atom stereocenters. The normalized spacial score (nSPS) is 12.1. The van der Waals surface area contributed by atoms with Crippen molar-refractivity contribution in [3.05, 3.63) is 36.5 Å². The molecule has 2 rings (SSSR count).